The highest BCUT2D eigenvalue weighted by Crippen LogP contribution is 2.25. The molecular formula is C23H28F3N3O4. The molecule has 1 atom stereocenters. The Balaban J connectivity index is 1.86. The molecule has 0 aliphatic rings. The number of likely N-dealkylation sites (N-methyl/N-ethyl adjacent to an activating group) is 1. The molecule has 0 bridgehead atoms. The monoisotopic (exact) mass is 467 g/mol. The maximum atomic E-state index is 12.5. The standard InChI is InChI=1S/C23H28F3N3O4/c1-15(2)22(16-5-9-18(32-4)10-6-16)28-21(31)14-29(3)13-20(30)27-17-7-11-19(12-8-17)33-23(24,25)26/h5-12,15,22H,13-14H2,1-4H3,(H,27,30)(H,28,31)/t22-/m1/s1. The number of methoxy groups -OCH3 is 1. The molecule has 7 nitrogen and oxygen atoms in total. The van der Waals surface area contributed by atoms with E-state index >= 15 is 0 Å². The topological polar surface area (TPSA) is 79.9 Å². The van der Waals surface area contributed by atoms with Crippen LogP contribution in [0.25, 0.3) is 0 Å². The van der Waals surface area contributed by atoms with Crippen molar-refractivity contribution in [3.05, 3.63) is 54.1 Å². The van der Waals surface area contributed by atoms with Gasteiger partial charge in [0.1, 0.15) is 11.5 Å². The van der Waals surface area contributed by atoms with Crippen molar-refractivity contribution in [2.45, 2.75) is 26.3 Å². The van der Waals surface area contributed by atoms with E-state index in [0.717, 1.165) is 23.4 Å². The van der Waals surface area contributed by atoms with Crippen LogP contribution in [0.1, 0.15) is 25.5 Å². The summed E-state index contributed by atoms with van der Waals surface area (Å²) in [5, 5.41) is 5.56. The number of nitrogens with one attached hydrogen (secondary N) is 2. The Bertz CT molecular complexity index is 916. The van der Waals surface area contributed by atoms with Crippen molar-refractivity contribution in [3.63, 3.8) is 0 Å². The molecule has 2 N–H and O–H groups in total. The van der Waals surface area contributed by atoms with Gasteiger partial charge in [-0.2, -0.15) is 0 Å². The van der Waals surface area contributed by atoms with Gasteiger partial charge in [-0.1, -0.05) is 26.0 Å². The number of nitrogens with zero attached hydrogens (tertiary/aromatic N) is 1. The van der Waals surface area contributed by atoms with E-state index in [9.17, 15) is 22.8 Å². The third kappa shape index (κ3) is 9.01. The number of benzene rings is 2. The molecule has 0 aromatic heterocycles. The Kier molecular flexibility index (Phi) is 9.10. The molecule has 0 unspecified atom stereocenters. The Hall–Kier alpha value is -3.27. The van der Waals surface area contributed by atoms with Gasteiger partial charge < -0.3 is 20.1 Å². The second-order valence-electron chi connectivity index (χ2n) is 7.86. The minimum absolute atomic E-state index is 0.00877. The number of amides is 2. The van der Waals surface area contributed by atoms with Crippen molar-refractivity contribution in [1.82, 2.24) is 10.2 Å². The third-order valence-corrected chi connectivity index (χ3v) is 4.66. The van der Waals surface area contributed by atoms with Crippen LogP contribution in [-0.2, 0) is 9.59 Å². The summed E-state index contributed by atoms with van der Waals surface area (Å²) in [5.41, 5.74) is 1.25. The Labute approximate surface area is 190 Å². The number of carbonyl (C=O) groups is 2. The Morgan fingerprint density at radius 3 is 2.00 bits per heavy atom. The highest BCUT2D eigenvalue weighted by molar-refractivity contribution is 5.92. The van der Waals surface area contributed by atoms with Crippen molar-refractivity contribution >= 4 is 17.5 Å². The first kappa shape index (κ1) is 26.0. The zero-order valence-electron chi connectivity index (χ0n) is 18.9. The van der Waals surface area contributed by atoms with Crippen LogP contribution in [0, 0.1) is 5.92 Å². The van der Waals surface area contributed by atoms with Crippen LogP contribution >= 0.6 is 0 Å². The van der Waals surface area contributed by atoms with Gasteiger partial charge in [-0.05, 0) is 54.9 Å². The van der Waals surface area contributed by atoms with Crippen molar-refractivity contribution in [1.29, 1.82) is 0 Å². The van der Waals surface area contributed by atoms with E-state index in [4.69, 9.17) is 4.74 Å². The summed E-state index contributed by atoms with van der Waals surface area (Å²) in [5.74, 6) is -0.175. The maximum absolute atomic E-state index is 12.5. The highest BCUT2D eigenvalue weighted by atomic mass is 19.4. The van der Waals surface area contributed by atoms with Crippen LogP contribution in [0.3, 0.4) is 0 Å². The van der Waals surface area contributed by atoms with Gasteiger partial charge in [-0.25, -0.2) is 0 Å². The van der Waals surface area contributed by atoms with E-state index in [0.29, 0.717) is 5.69 Å². The summed E-state index contributed by atoms with van der Waals surface area (Å²) in [4.78, 5) is 26.3. The molecular weight excluding hydrogens is 439 g/mol. The van der Waals surface area contributed by atoms with E-state index in [1.165, 1.54) is 17.0 Å². The minimum atomic E-state index is -4.78. The summed E-state index contributed by atoms with van der Waals surface area (Å²) >= 11 is 0. The zero-order chi connectivity index (χ0) is 24.6. The van der Waals surface area contributed by atoms with Crippen LogP contribution in [-0.4, -0.2) is 50.3 Å². The summed E-state index contributed by atoms with van der Waals surface area (Å²) in [6.45, 7) is 3.91. The first-order valence-corrected chi connectivity index (χ1v) is 10.2. The quantitative estimate of drug-likeness (QED) is 0.553. The van der Waals surface area contributed by atoms with Crippen LogP contribution in [0.15, 0.2) is 48.5 Å². The molecule has 33 heavy (non-hydrogen) atoms. The van der Waals surface area contributed by atoms with Gasteiger partial charge in [-0.15, -0.1) is 13.2 Å². The fourth-order valence-electron chi connectivity index (χ4n) is 3.15. The summed E-state index contributed by atoms with van der Waals surface area (Å²) < 4.78 is 45.6. The van der Waals surface area contributed by atoms with Gasteiger partial charge >= 0.3 is 6.36 Å². The van der Waals surface area contributed by atoms with Gasteiger partial charge in [0.15, 0.2) is 0 Å². The number of hydrogen-bond acceptors (Lipinski definition) is 5. The van der Waals surface area contributed by atoms with E-state index in [-0.39, 0.29) is 36.7 Å². The summed E-state index contributed by atoms with van der Waals surface area (Å²) in [6, 6.07) is 12.0. The van der Waals surface area contributed by atoms with Crippen LogP contribution in [0.5, 0.6) is 11.5 Å². The first-order chi connectivity index (χ1) is 15.5. The molecule has 0 heterocycles. The molecule has 0 aliphatic carbocycles. The average Bonchev–Trinajstić information content (AvgIpc) is 2.72. The Morgan fingerprint density at radius 2 is 1.48 bits per heavy atom. The van der Waals surface area contributed by atoms with Crippen LogP contribution in [0.4, 0.5) is 18.9 Å². The fourth-order valence-corrected chi connectivity index (χ4v) is 3.15. The Morgan fingerprint density at radius 1 is 0.939 bits per heavy atom. The van der Waals surface area contributed by atoms with Crippen molar-refractivity contribution < 1.29 is 32.2 Å². The lowest BCUT2D eigenvalue weighted by Crippen LogP contribution is -2.41. The fraction of sp³-hybridized carbons (Fsp3) is 0.391. The molecule has 2 aromatic carbocycles. The molecule has 0 saturated heterocycles. The van der Waals surface area contributed by atoms with Gasteiger partial charge in [0.25, 0.3) is 0 Å². The SMILES string of the molecule is COc1ccc([C@H](NC(=O)CN(C)CC(=O)Nc2ccc(OC(F)(F)F)cc2)C(C)C)cc1. The van der Waals surface area contributed by atoms with Gasteiger partial charge in [-0.3, -0.25) is 14.5 Å². The average molecular weight is 467 g/mol. The molecule has 0 aliphatic heterocycles. The van der Waals surface area contributed by atoms with E-state index in [2.05, 4.69) is 15.4 Å². The third-order valence-electron chi connectivity index (χ3n) is 4.66. The molecule has 0 saturated carbocycles. The lowest BCUT2D eigenvalue weighted by molar-refractivity contribution is -0.274. The molecule has 10 heteroatoms. The smallest absolute Gasteiger partial charge is 0.497 e. The number of halogens is 3. The number of carbonyl (C=O) groups excluding carboxylic acids is 2. The van der Waals surface area contributed by atoms with Crippen LogP contribution in [0.2, 0.25) is 0 Å². The van der Waals surface area contributed by atoms with E-state index in [1.807, 2.05) is 38.1 Å². The number of alkyl halides is 3. The van der Waals surface area contributed by atoms with Gasteiger partial charge in [0, 0.05) is 5.69 Å². The molecule has 0 spiro atoms. The minimum Gasteiger partial charge on any atom is -0.497 e. The maximum Gasteiger partial charge on any atom is 0.573 e. The van der Waals surface area contributed by atoms with Gasteiger partial charge in [0.2, 0.25) is 11.8 Å². The number of rotatable bonds is 10. The summed E-state index contributed by atoms with van der Waals surface area (Å²) in [6.07, 6.45) is -4.78. The number of ether oxygens (including phenoxy) is 2. The van der Waals surface area contributed by atoms with Gasteiger partial charge in [0.05, 0.1) is 26.2 Å². The van der Waals surface area contributed by atoms with Crippen molar-refractivity contribution in [2.24, 2.45) is 5.92 Å². The normalized spacial score (nSPS) is 12.4. The highest BCUT2D eigenvalue weighted by Gasteiger charge is 2.31. The van der Waals surface area contributed by atoms with Crippen molar-refractivity contribution in [2.75, 3.05) is 32.6 Å². The predicted octanol–water partition coefficient (Wildman–Crippen LogP) is 3.98. The van der Waals surface area contributed by atoms with E-state index < -0.39 is 12.3 Å². The van der Waals surface area contributed by atoms with Crippen molar-refractivity contribution in [3.8, 4) is 11.5 Å². The summed E-state index contributed by atoms with van der Waals surface area (Å²) in [7, 11) is 3.21. The molecule has 0 radical (unpaired) electrons. The largest absolute Gasteiger partial charge is 0.573 e. The van der Waals surface area contributed by atoms with Crippen LogP contribution < -0.4 is 20.1 Å². The lowest BCUT2D eigenvalue weighted by atomic mass is 9.96. The molecule has 180 valence electrons. The predicted molar refractivity (Wildman–Crippen MR) is 118 cm³/mol. The lowest BCUT2D eigenvalue weighted by Gasteiger charge is -2.24. The second-order valence-corrected chi connectivity index (χ2v) is 7.86. The number of anilines is 1. The second kappa shape index (κ2) is 11.6. The molecule has 0 fully saturated rings. The molecule has 2 amide bonds. The number of hydrogen-bond donors (Lipinski definition) is 2. The molecule has 2 aromatic rings. The zero-order valence-corrected chi connectivity index (χ0v) is 18.9. The first-order valence-electron chi connectivity index (χ1n) is 10.2. The van der Waals surface area contributed by atoms with E-state index in [1.54, 1.807) is 14.2 Å². The molecule has 2 rings (SSSR count).